The molecule has 0 aliphatic heterocycles. The van der Waals surface area contributed by atoms with E-state index in [-0.39, 0.29) is 11.8 Å². The molecule has 2 rings (SSSR count). The van der Waals surface area contributed by atoms with E-state index in [0.29, 0.717) is 11.5 Å². The highest BCUT2D eigenvalue weighted by Crippen LogP contribution is 2.38. The Morgan fingerprint density at radius 1 is 1.30 bits per heavy atom. The molecule has 1 saturated carbocycles. The van der Waals surface area contributed by atoms with Crippen LogP contribution in [0.15, 0.2) is 24.3 Å². The first-order valence-electron chi connectivity index (χ1n) is 7.17. The van der Waals surface area contributed by atoms with E-state index in [4.69, 9.17) is 0 Å². The molecule has 0 radical (unpaired) electrons. The minimum atomic E-state index is -2.78. The van der Waals surface area contributed by atoms with Crippen molar-refractivity contribution in [2.24, 2.45) is 5.41 Å². The Labute approximate surface area is 119 Å². The normalized spacial score (nSPS) is 23.0. The quantitative estimate of drug-likeness (QED) is 0.858. The predicted octanol–water partition coefficient (Wildman–Crippen LogP) is 4.52. The highest BCUT2D eigenvalue weighted by atomic mass is 19.3. The molecule has 0 amide bonds. The molecule has 1 aliphatic rings. The Balaban J connectivity index is 2.04. The summed E-state index contributed by atoms with van der Waals surface area (Å²) in [5.41, 5.74) is 1.16. The van der Waals surface area contributed by atoms with Crippen molar-refractivity contribution < 1.29 is 13.5 Å². The van der Waals surface area contributed by atoms with Crippen molar-refractivity contribution in [3.05, 3.63) is 29.8 Å². The Morgan fingerprint density at radius 3 is 2.60 bits per heavy atom. The number of ether oxygens (including phenoxy) is 1. The van der Waals surface area contributed by atoms with E-state index >= 15 is 0 Å². The maximum atomic E-state index is 12.4. The monoisotopic (exact) mass is 283 g/mol. The van der Waals surface area contributed by atoms with Crippen LogP contribution < -0.4 is 10.1 Å². The maximum absolute atomic E-state index is 12.4. The Hall–Kier alpha value is -1.16. The van der Waals surface area contributed by atoms with Gasteiger partial charge in [-0.05, 0) is 37.7 Å². The zero-order valence-corrected chi connectivity index (χ0v) is 12.3. The highest BCUT2D eigenvalue weighted by Gasteiger charge is 2.31. The summed E-state index contributed by atoms with van der Waals surface area (Å²) in [5, 5.41) is 3.54. The van der Waals surface area contributed by atoms with Gasteiger partial charge in [0.15, 0.2) is 0 Å². The zero-order valence-electron chi connectivity index (χ0n) is 12.3. The third kappa shape index (κ3) is 3.92. The van der Waals surface area contributed by atoms with Gasteiger partial charge in [-0.25, -0.2) is 0 Å². The Bertz CT molecular complexity index is 448. The van der Waals surface area contributed by atoms with Crippen LogP contribution in [0, 0.1) is 5.41 Å². The lowest BCUT2D eigenvalue weighted by atomic mass is 9.91. The molecule has 2 nitrogen and oxygen atoms in total. The van der Waals surface area contributed by atoms with E-state index in [1.807, 2.05) is 19.1 Å². The van der Waals surface area contributed by atoms with E-state index in [9.17, 15) is 8.78 Å². The van der Waals surface area contributed by atoms with Crippen molar-refractivity contribution in [2.75, 3.05) is 0 Å². The second kappa shape index (κ2) is 6.08. The van der Waals surface area contributed by atoms with Crippen molar-refractivity contribution in [3.63, 3.8) is 0 Å². The molecular formula is C16H23F2NO. The molecule has 2 atom stereocenters. The van der Waals surface area contributed by atoms with Gasteiger partial charge in [-0.3, -0.25) is 0 Å². The number of benzene rings is 1. The molecule has 1 aromatic carbocycles. The molecule has 0 heterocycles. The highest BCUT2D eigenvalue weighted by molar-refractivity contribution is 5.35. The summed E-state index contributed by atoms with van der Waals surface area (Å²) >= 11 is 0. The van der Waals surface area contributed by atoms with Gasteiger partial charge >= 0.3 is 6.61 Å². The van der Waals surface area contributed by atoms with E-state index in [2.05, 4.69) is 23.9 Å². The van der Waals surface area contributed by atoms with Gasteiger partial charge in [0.1, 0.15) is 5.75 Å². The molecule has 0 spiro atoms. The topological polar surface area (TPSA) is 21.3 Å². The molecule has 1 aliphatic carbocycles. The first-order chi connectivity index (χ1) is 9.37. The van der Waals surface area contributed by atoms with Crippen molar-refractivity contribution in [1.82, 2.24) is 5.32 Å². The summed E-state index contributed by atoms with van der Waals surface area (Å²) in [4.78, 5) is 0. The van der Waals surface area contributed by atoms with E-state index in [0.717, 1.165) is 18.4 Å². The van der Waals surface area contributed by atoms with Crippen LogP contribution in [0.1, 0.15) is 51.6 Å². The number of para-hydroxylation sites is 1. The second-order valence-corrected chi connectivity index (χ2v) is 6.41. The van der Waals surface area contributed by atoms with Crippen LogP contribution in [0.3, 0.4) is 0 Å². The number of halogens is 2. The summed E-state index contributed by atoms with van der Waals surface area (Å²) in [6.45, 7) is 3.76. The van der Waals surface area contributed by atoms with E-state index in [1.54, 1.807) is 12.1 Å². The van der Waals surface area contributed by atoms with Gasteiger partial charge in [0.25, 0.3) is 0 Å². The summed E-state index contributed by atoms with van der Waals surface area (Å²) in [6, 6.07) is 7.45. The van der Waals surface area contributed by atoms with Gasteiger partial charge in [-0.15, -0.1) is 0 Å². The van der Waals surface area contributed by atoms with Crippen LogP contribution in [0.2, 0.25) is 0 Å². The number of alkyl halides is 2. The first-order valence-corrected chi connectivity index (χ1v) is 7.17. The molecule has 0 aromatic heterocycles. The second-order valence-electron chi connectivity index (χ2n) is 6.41. The van der Waals surface area contributed by atoms with Gasteiger partial charge < -0.3 is 10.1 Å². The molecule has 2 unspecified atom stereocenters. The molecule has 0 saturated heterocycles. The molecule has 112 valence electrons. The third-order valence-electron chi connectivity index (χ3n) is 4.06. The first kappa shape index (κ1) is 15.2. The van der Waals surface area contributed by atoms with Gasteiger partial charge in [-0.2, -0.15) is 8.78 Å². The van der Waals surface area contributed by atoms with Gasteiger partial charge in [-0.1, -0.05) is 32.0 Å². The molecular weight excluding hydrogens is 260 g/mol. The van der Waals surface area contributed by atoms with Crippen LogP contribution in [-0.2, 0) is 0 Å². The molecule has 1 fully saturated rings. The average Bonchev–Trinajstić information content (AvgIpc) is 2.68. The number of nitrogens with one attached hydrogen (secondary N) is 1. The molecule has 20 heavy (non-hydrogen) atoms. The number of rotatable bonds is 5. The standard InChI is InChI=1S/C16H23F2NO/c1-11(19-12-8-9-16(2,3)10-12)13-6-4-5-7-14(13)20-15(17)18/h4-7,11-12,15,19H,8-10H2,1-3H3. The fourth-order valence-electron chi connectivity index (χ4n) is 3.06. The minimum absolute atomic E-state index is 0.00356. The van der Waals surface area contributed by atoms with Gasteiger partial charge in [0, 0.05) is 17.6 Å². The van der Waals surface area contributed by atoms with Crippen LogP contribution in [0.4, 0.5) is 8.78 Å². The molecule has 1 aromatic rings. The fraction of sp³-hybridized carbons (Fsp3) is 0.625. The Morgan fingerprint density at radius 2 is 2.00 bits per heavy atom. The predicted molar refractivity (Wildman–Crippen MR) is 76.0 cm³/mol. The molecule has 1 N–H and O–H groups in total. The van der Waals surface area contributed by atoms with Crippen molar-refractivity contribution in [2.45, 2.75) is 58.7 Å². The van der Waals surface area contributed by atoms with Crippen molar-refractivity contribution in [3.8, 4) is 5.75 Å². The molecule has 0 bridgehead atoms. The van der Waals surface area contributed by atoms with Crippen LogP contribution >= 0.6 is 0 Å². The smallest absolute Gasteiger partial charge is 0.387 e. The fourth-order valence-corrected chi connectivity index (χ4v) is 3.06. The summed E-state index contributed by atoms with van der Waals surface area (Å²) in [5.74, 6) is 0.264. The van der Waals surface area contributed by atoms with Crippen LogP contribution in [-0.4, -0.2) is 12.7 Å². The zero-order chi connectivity index (χ0) is 14.8. The average molecular weight is 283 g/mol. The third-order valence-corrected chi connectivity index (χ3v) is 4.06. The maximum Gasteiger partial charge on any atom is 0.387 e. The Kier molecular flexibility index (Phi) is 4.63. The number of hydrogen-bond acceptors (Lipinski definition) is 2. The summed E-state index contributed by atoms with van der Waals surface area (Å²) in [7, 11) is 0. The van der Waals surface area contributed by atoms with Gasteiger partial charge in [0.05, 0.1) is 0 Å². The van der Waals surface area contributed by atoms with Crippen molar-refractivity contribution >= 4 is 0 Å². The largest absolute Gasteiger partial charge is 0.434 e. The van der Waals surface area contributed by atoms with E-state index in [1.165, 1.54) is 6.42 Å². The lowest BCUT2D eigenvalue weighted by Gasteiger charge is -2.23. The van der Waals surface area contributed by atoms with Gasteiger partial charge in [0.2, 0.25) is 0 Å². The molecule has 4 heteroatoms. The SMILES string of the molecule is CC(NC1CCC(C)(C)C1)c1ccccc1OC(F)F. The van der Waals surface area contributed by atoms with E-state index < -0.39 is 6.61 Å². The van der Waals surface area contributed by atoms with Crippen LogP contribution in [0.25, 0.3) is 0 Å². The lowest BCUT2D eigenvalue weighted by molar-refractivity contribution is -0.0506. The summed E-state index contributed by atoms with van der Waals surface area (Å²) < 4.78 is 29.5. The lowest BCUT2D eigenvalue weighted by Crippen LogP contribution is -2.30. The van der Waals surface area contributed by atoms with Crippen LogP contribution in [0.5, 0.6) is 5.75 Å². The number of hydrogen-bond donors (Lipinski definition) is 1. The summed E-state index contributed by atoms with van der Waals surface area (Å²) in [6.07, 6.45) is 3.46. The van der Waals surface area contributed by atoms with Crippen molar-refractivity contribution in [1.29, 1.82) is 0 Å². The minimum Gasteiger partial charge on any atom is -0.434 e.